The van der Waals surface area contributed by atoms with Gasteiger partial charge in [-0.1, -0.05) is 6.07 Å². The number of rotatable bonds is 2. The standard InChI is InChI=1S/C12H12NO2PS/c1-2-15-12(14)8-5-7-3-4-9(17)11(16)10(7)13-6-8/h3-6,17H,2,16H2,1H3. The summed E-state index contributed by atoms with van der Waals surface area (Å²) in [4.78, 5) is 16.7. The predicted molar refractivity (Wildman–Crippen MR) is 74.3 cm³/mol. The molecule has 1 heterocycles. The van der Waals surface area contributed by atoms with Gasteiger partial charge < -0.3 is 4.74 Å². The van der Waals surface area contributed by atoms with E-state index in [4.69, 9.17) is 4.74 Å². The number of hydrogen-bond donors (Lipinski definition) is 1. The number of carbonyl (C=O) groups excluding carboxylic acids is 1. The Morgan fingerprint density at radius 3 is 3.00 bits per heavy atom. The molecule has 0 aliphatic carbocycles. The fourth-order valence-corrected chi connectivity index (χ4v) is 2.06. The van der Waals surface area contributed by atoms with Gasteiger partial charge in [-0.3, -0.25) is 4.98 Å². The monoisotopic (exact) mass is 265 g/mol. The molecule has 17 heavy (non-hydrogen) atoms. The normalized spacial score (nSPS) is 10.5. The molecule has 0 radical (unpaired) electrons. The summed E-state index contributed by atoms with van der Waals surface area (Å²) in [6.45, 7) is 2.14. The van der Waals surface area contributed by atoms with Crippen molar-refractivity contribution in [1.29, 1.82) is 0 Å². The number of esters is 1. The van der Waals surface area contributed by atoms with Crippen LogP contribution in [0.2, 0.25) is 0 Å². The molecule has 2 rings (SSSR count). The van der Waals surface area contributed by atoms with Crippen LogP contribution in [0.4, 0.5) is 0 Å². The highest BCUT2D eigenvalue weighted by molar-refractivity contribution is 7.80. The second kappa shape index (κ2) is 5.03. The van der Waals surface area contributed by atoms with Crippen molar-refractivity contribution in [2.24, 2.45) is 0 Å². The molecule has 1 atom stereocenters. The zero-order valence-corrected chi connectivity index (χ0v) is 11.4. The van der Waals surface area contributed by atoms with Crippen LogP contribution in [0.15, 0.2) is 29.3 Å². The van der Waals surface area contributed by atoms with Crippen molar-refractivity contribution in [2.45, 2.75) is 11.8 Å². The Kier molecular flexibility index (Phi) is 3.65. The lowest BCUT2D eigenvalue weighted by Crippen LogP contribution is -2.06. The molecule has 0 aliphatic rings. The maximum Gasteiger partial charge on any atom is 0.339 e. The van der Waals surface area contributed by atoms with E-state index >= 15 is 0 Å². The topological polar surface area (TPSA) is 39.2 Å². The fourth-order valence-electron chi connectivity index (χ4n) is 1.54. The zero-order chi connectivity index (χ0) is 12.4. The van der Waals surface area contributed by atoms with Gasteiger partial charge in [0.25, 0.3) is 0 Å². The molecule has 1 aromatic carbocycles. The minimum Gasteiger partial charge on any atom is -0.462 e. The van der Waals surface area contributed by atoms with Crippen molar-refractivity contribution in [3.63, 3.8) is 0 Å². The molecule has 1 unspecified atom stereocenters. The maximum atomic E-state index is 11.6. The lowest BCUT2D eigenvalue weighted by molar-refractivity contribution is 0.0526. The van der Waals surface area contributed by atoms with Crippen molar-refractivity contribution >= 4 is 44.0 Å². The van der Waals surface area contributed by atoms with E-state index in [1.807, 2.05) is 12.1 Å². The first-order valence-electron chi connectivity index (χ1n) is 5.17. The van der Waals surface area contributed by atoms with Crippen molar-refractivity contribution in [1.82, 2.24) is 4.98 Å². The second-order valence-corrected chi connectivity index (χ2v) is 4.57. The quantitative estimate of drug-likeness (QED) is 0.514. The highest BCUT2D eigenvalue weighted by atomic mass is 32.1. The van der Waals surface area contributed by atoms with E-state index in [2.05, 4.69) is 26.9 Å². The van der Waals surface area contributed by atoms with E-state index in [1.165, 1.54) is 6.20 Å². The number of fused-ring (bicyclic) bond motifs is 1. The largest absolute Gasteiger partial charge is 0.462 e. The fraction of sp³-hybridized carbons (Fsp3) is 0.167. The number of hydrogen-bond acceptors (Lipinski definition) is 4. The lowest BCUT2D eigenvalue weighted by Gasteiger charge is -2.06. The zero-order valence-electron chi connectivity index (χ0n) is 9.30. The molecule has 0 aliphatic heterocycles. The van der Waals surface area contributed by atoms with Gasteiger partial charge in [0.1, 0.15) is 0 Å². The third-order valence-corrected chi connectivity index (χ3v) is 3.60. The van der Waals surface area contributed by atoms with Crippen LogP contribution in [0.1, 0.15) is 17.3 Å². The third kappa shape index (κ3) is 2.43. The van der Waals surface area contributed by atoms with Gasteiger partial charge in [0, 0.05) is 21.8 Å². The number of pyridine rings is 1. The number of benzene rings is 1. The first-order chi connectivity index (χ1) is 8.13. The average Bonchev–Trinajstić information content (AvgIpc) is 2.34. The highest BCUT2D eigenvalue weighted by Gasteiger charge is 2.09. The Labute approximate surface area is 107 Å². The number of ether oxygens (including phenoxy) is 1. The van der Waals surface area contributed by atoms with Crippen LogP contribution in [0, 0.1) is 0 Å². The van der Waals surface area contributed by atoms with Crippen molar-refractivity contribution in [3.8, 4) is 0 Å². The summed E-state index contributed by atoms with van der Waals surface area (Å²) in [6.07, 6.45) is 1.53. The minimum absolute atomic E-state index is 0.345. The molecule has 0 N–H and O–H groups in total. The summed E-state index contributed by atoms with van der Waals surface area (Å²) >= 11 is 4.32. The van der Waals surface area contributed by atoms with Crippen LogP contribution >= 0.6 is 21.9 Å². The van der Waals surface area contributed by atoms with E-state index in [0.29, 0.717) is 12.2 Å². The molecular weight excluding hydrogens is 253 g/mol. The first-order valence-corrected chi connectivity index (χ1v) is 6.20. The van der Waals surface area contributed by atoms with Gasteiger partial charge >= 0.3 is 5.97 Å². The van der Waals surface area contributed by atoms with Crippen molar-refractivity contribution in [2.75, 3.05) is 6.61 Å². The van der Waals surface area contributed by atoms with Crippen LogP contribution in [0.25, 0.3) is 10.9 Å². The number of thiol groups is 1. The molecule has 0 bridgehead atoms. The Bertz CT molecular complexity index is 586. The SMILES string of the molecule is CCOC(=O)c1cnc2c(P)c(S)ccc2c1. The van der Waals surface area contributed by atoms with Crippen LogP contribution in [0.5, 0.6) is 0 Å². The first kappa shape index (κ1) is 12.3. The lowest BCUT2D eigenvalue weighted by atomic mass is 10.1. The molecule has 0 amide bonds. The highest BCUT2D eigenvalue weighted by Crippen LogP contribution is 2.18. The van der Waals surface area contributed by atoms with Gasteiger partial charge in [-0.25, -0.2) is 4.79 Å². The number of nitrogens with zero attached hydrogens (tertiary/aromatic N) is 1. The summed E-state index contributed by atoms with van der Waals surface area (Å²) in [5.74, 6) is -0.345. The molecule has 3 nitrogen and oxygen atoms in total. The molecule has 0 saturated carbocycles. The van der Waals surface area contributed by atoms with E-state index in [0.717, 1.165) is 21.1 Å². The molecule has 5 heteroatoms. The Morgan fingerprint density at radius 2 is 2.29 bits per heavy atom. The molecule has 88 valence electrons. The number of carbonyl (C=O) groups is 1. The van der Waals surface area contributed by atoms with E-state index in [9.17, 15) is 4.79 Å². The molecular formula is C12H12NO2PS. The summed E-state index contributed by atoms with van der Waals surface area (Å²) in [5, 5.41) is 1.83. The van der Waals surface area contributed by atoms with Crippen LogP contribution < -0.4 is 5.30 Å². The van der Waals surface area contributed by atoms with Crippen LogP contribution in [-0.4, -0.2) is 17.6 Å². The summed E-state index contributed by atoms with van der Waals surface area (Å²) in [6, 6.07) is 5.55. The van der Waals surface area contributed by atoms with Crippen molar-refractivity contribution in [3.05, 3.63) is 30.0 Å². The summed E-state index contributed by atoms with van der Waals surface area (Å²) in [7, 11) is 2.61. The van der Waals surface area contributed by atoms with Gasteiger partial charge in [-0.05, 0) is 19.1 Å². The predicted octanol–water partition coefficient (Wildman–Crippen LogP) is 2.20. The summed E-state index contributed by atoms with van der Waals surface area (Å²) < 4.78 is 4.93. The van der Waals surface area contributed by atoms with Crippen LogP contribution in [-0.2, 0) is 4.74 Å². The molecule has 1 aromatic heterocycles. The van der Waals surface area contributed by atoms with Gasteiger partial charge in [0.15, 0.2) is 0 Å². The van der Waals surface area contributed by atoms with E-state index in [-0.39, 0.29) is 5.97 Å². The van der Waals surface area contributed by atoms with Crippen LogP contribution in [0.3, 0.4) is 0 Å². The van der Waals surface area contributed by atoms with Gasteiger partial charge in [-0.15, -0.1) is 21.9 Å². The molecule has 0 fully saturated rings. The van der Waals surface area contributed by atoms with Gasteiger partial charge in [0.2, 0.25) is 0 Å². The Hall–Kier alpha value is -1.12. The summed E-state index contributed by atoms with van der Waals surface area (Å²) in [5.41, 5.74) is 1.30. The minimum atomic E-state index is -0.345. The molecule has 0 spiro atoms. The van der Waals surface area contributed by atoms with E-state index < -0.39 is 0 Å². The van der Waals surface area contributed by atoms with Gasteiger partial charge in [-0.2, -0.15) is 0 Å². The Morgan fingerprint density at radius 1 is 1.53 bits per heavy atom. The van der Waals surface area contributed by atoms with E-state index in [1.54, 1.807) is 13.0 Å². The van der Waals surface area contributed by atoms with Gasteiger partial charge in [0.05, 0.1) is 17.7 Å². The Balaban J connectivity index is 2.52. The third-order valence-electron chi connectivity index (χ3n) is 2.38. The molecule has 0 saturated heterocycles. The smallest absolute Gasteiger partial charge is 0.339 e. The average molecular weight is 265 g/mol. The number of aromatic nitrogens is 1. The van der Waals surface area contributed by atoms with Crippen molar-refractivity contribution < 1.29 is 9.53 Å². The molecule has 2 aromatic rings. The second-order valence-electron chi connectivity index (χ2n) is 3.51. The maximum absolute atomic E-state index is 11.6.